The summed E-state index contributed by atoms with van der Waals surface area (Å²) in [5, 5.41) is 2.94. The van der Waals surface area contributed by atoms with Crippen molar-refractivity contribution in [1.82, 2.24) is 14.5 Å². The molecule has 0 aliphatic heterocycles. The lowest BCUT2D eigenvalue weighted by Crippen LogP contribution is -2.37. The Kier molecular flexibility index (Phi) is 4.17. The van der Waals surface area contributed by atoms with Crippen molar-refractivity contribution < 1.29 is 9.53 Å². The number of benzene rings is 1. The molecule has 3 rings (SSSR count). The van der Waals surface area contributed by atoms with Crippen LogP contribution in [-0.2, 0) is 7.05 Å². The summed E-state index contributed by atoms with van der Waals surface area (Å²) in [6.07, 6.45) is 1.10. The standard InChI is InChI=1S/C15H14N4O4S/c1-3-23-8-4-5-10-11(6-8)24-14(17-10)18-12(20)9-7-16-15(22)19(2)13(9)21/h4-7H,3H2,1-2H3,(H,16,22)(H,17,18,20). The van der Waals surface area contributed by atoms with Gasteiger partial charge in [0.05, 0.1) is 16.8 Å². The zero-order chi connectivity index (χ0) is 17.3. The molecule has 2 aromatic heterocycles. The fourth-order valence-electron chi connectivity index (χ4n) is 2.11. The Hall–Kier alpha value is -2.94. The van der Waals surface area contributed by atoms with Gasteiger partial charge in [-0.25, -0.2) is 9.78 Å². The van der Waals surface area contributed by atoms with Crippen molar-refractivity contribution in [2.75, 3.05) is 11.9 Å². The number of carbonyl (C=O) groups excluding carboxylic acids is 1. The number of rotatable bonds is 4. The number of carbonyl (C=O) groups is 1. The molecule has 2 heterocycles. The third kappa shape index (κ3) is 2.93. The van der Waals surface area contributed by atoms with E-state index >= 15 is 0 Å². The summed E-state index contributed by atoms with van der Waals surface area (Å²) in [6, 6.07) is 5.44. The molecule has 3 aromatic rings. The third-order valence-electron chi connectivity index (χ3n) is 3.32. The van der Waals surface area contributed by atoms with Crippen molar-refractivity contribution in [1.29, 1.82) is 0 Å². The van der Waals surface area contributed by atoms with E-state index in [1.54, 1.807) is 12.1 Å². The Morgan fingerprint density at radius 2 is 2.21 bits per heavy atom. The monoisotopic (exact) mass is 346 g/mol. The highest BCUT2D eigenvalue weighted by Crippen LogP contribution is 2.29. The largest absolute Gasteiger partial charge is 0.494 e. The lowest BCUT2D eigenvalue weighted by molar-refractivity contribution is 0.102. The average molecular weight is 346 g/mol. The maximum Gasteiger partial charge on any atom is 0.328 e. The van der Waals surface area contributed by atoms with Gasteiger partial charge in [-0.3, -0.25) is 19.5 Å². The summed E-state index contributed by atoms with van der Waals surface area (Å²) < 4.78 is 7.11. The SMILES string of the molecule is CCOc1ccc2nc(NC(=O)c3c[nH]c(=O)n(C)c3=O)sc2c1. The lowest BCUT2D eigenvalue weighted by atomic mass is 10.3. The van der Waals surface area contributed by atoms with Gasteiger partial charge in [0.2, 0.25) is 0 Å². The number of amides is 1. The van der Waals surface area contributed by atoms with Crippen LogP contribution in [0, 0.1) is 0 Å². The molecule has 0 aliphatic carbocycles. The average Bonchev–Trinajstić information content (AvgIpc) is 2.94. The summed E-state index contributed by atoms with van der Waals surface area (Å²) in [5.74, 6) is 0.0944. The maximum absolute atomic E-state index is 12.2. The predicted octanol–water partition coefficient (Wildman–Crippen LogP) is 1.33. The van der Waals surface area contributed by atoms with Crippen LogP contribution in [0.2, 0.25) is 0 Å². The van der Waals surface area contributed by atoms with E-state index in [4.69, 9.17) is 4.74 Å². The number of H-pyrrole nitrogens is 1. The number of thiazole rings is 1. The zero-order valence-corrected chi connectivity index (χ0v) is 13.8. The Labute approximate surface area is 139 Å². The van der Waals surface area contributed by atoms with Crippen molar-refractivity contribution in [2.24, 2.45) is 7.05 Å². The molecule has 124 valence electrons. The number of anilines is 1. The van der Waals surface area contributed by atoms with Gasteiger partial charge in [0, 0.05) is 13.2 Å². The quantitative estimate of drug-likeness (QED) is 0.741. The van der Waals surface area contributed by atoms with Crippen LogP contribution in [0.15, 0.2) is 34.0 Å². The smallest absolute Gasteiger partial charge is 0.328 e. The van der Waals surface area contributed by atoms with Crippen LogP contribution in [0.3, 0.4) is 0 Å². The van der Waals surface area contributed by atoms with Gasteiger partial charge in [-0.1, -0.05) is 11.3 Å². The number of nitrogens with one attached hydrogen (secondary N) is 2. The molecule has 0 radical (unpaired) electrons. The summed E-state index contributed by atoms with van der Waals surface area (Å²) in [5.41, 5.74) is -0.699. The fraction of sp³-hybridized carbons (Fsp3) is 0.200. The van der Waals surface area contributed by atoms with Crippen LogP contribution >= 0.6 is 11.3 Å². The Balaban J connectivity index is 1.89. The number of hydrogen-bond acceptors (Lipinski definition) is 6. The van der Waals surface area contributed by atoms with Gasteiger partial charge < -0.3 is 9.72 Å². The summed E-state index contributed by atoms with van der Waals surface area (Å²) in [6.45, 7) is 2.45. The first-order chi connectivity index (χ1) is 11.5. The molecule has 8 nitrogen and oxygen atoms in total. The molecule has 0 saturated heterocycles. The molecule has 2 N–H and O–H groups in total. The first-order valence-electron chi connectivity index (χ1n) is 7.13. The highest BCUT2D eigenvalue weighted by atomic mass is 32.1. The van der Waals surface area contributed by atoms with E-state index in [-0.39, 0.29) is 5.56 Å². The van der Waals surface area contributed by atoms with Crippen molar-refractivity contribution >= 4 is 32.6 Å². The highest BCUT2D eigenvalue weighted by Gasteiger charge is 2.15. The van der Waals surface area contributed by atoms with E-state index in [9.17, 15) is 14.4 Å². The summed E-state index contributed by atoms with van der Waals surface area (Å²) >= 11 is 1.27. The lowest BCUT2D eigenvalue weighted by Gasteiger charge is -2.02. The molecule has 0 atom stereocenters. The molecule has 0 saturated carbocycles. The molecule has 0 bridgehead atoms. The first-order valence-corrected chi connectivity index (χ1v) is 7.94. The van der Waals surface area contributed by atoms with Gasteiger partial charge in [-0.05, 0) is 25.1 Å². The van der Waals surface area contributed by atoms with Crippen LogP contribution < -0.4 is 21.3 Å². The van der Waals surface area contributed by atoms with Gasteiger partial charge in [-0.2, -0.15) is 0 Å². The molecule has 1 amide bonds. The van der Waals surface area contributed by atoms with Crippen molar-refractivity contribution in [2.45, 2.75) is 6.92 Å². The number of aromatic amines is 1. The molecule has 0 unspecified atom stereocenters. The second-order valence-electron chi connectivity index (χ2n) is 4.91. The molecular weight excluding hydrogens is 332 g/mol. The van der Waals surface area contributed by atoms with Gasteiger partial charge in [-0.15, -0.1) is 0 Å². The number of hydrogen-bond donors (Lipinski definition) is 2. The van der Waals surface area contributed by atoms with E-state index in [0.29, 0.717) is 17.3 Å². The number of ether oxygens (including phenoxy) is 1. The normalized spacial score (nSPS) is 10.8. The van der Waals surface area contributed by atoms with E-state index in [1.807, 2.05) is 13.0 Å². The first kappa shape index (κ1) is 15.9. The number of aromatic nitrogens is 3. The van der Waals surface area contributed by atoms with Gasteiger partial charge in [0.25, 0.3) is 11.5 Å². The molecule has 9 heteroatoms. The minimum Gasteiger partial charge on any atom is -0.494 e. The minimum atomic E-state index is -0.670. The van der Waals surface area contributed by atoms with Crippen LogP contribution in [-0.4, -0.2) is 27.0 Å². The van der Waals surface area contributed by atoms with Gasteiger partial charge in [0.15, 0.2) is 5.13 Å². The second kappa shape index (κ2) is 6.28. The highest BCUT2D eigenvalue weighted by molar-refractivity contribution is 7.22. The van der Waals surface area contributed by atoms with Crippen LogP contribution in [0.1, 0.15) is 17.3 Å². The minimum absolute atomic E-state index is 0.161. The van der Waals surface area contributed by atoms with Crippen molar-refractivity contribution in [3.8, 4) is 5.75 Å². The molecule has 0 spiro atoms. The molecule has 1 aromatic carbocycles. The van der Waals surface area contributed by atoms with Crippen LogP contribution in [0.4, 0.5) is 5.13 Å². The van der Waals surface area contributed by atoms with E-state index in [0.717, 1.165) is 21.2 Å². The van der Waals surface area contributed by atoms with Crippen molar-refractivity contribution in [3.05, 3.63) is 50.8 Å². The number of nitrogens with zero attached hydrogens (tertiary/aromatic N) is 2. The molecule has 0 aliphatic rings. The van der Waals surface area contributed by atoms with Crippen LogP contribution in [0.5, 0.6) is 5.75 Å². The molecule has 0 fully saturated rings. The van der Waals surface area contributed by atoms with Gasteiger partial charge in [0.1, 0.15) is 11.3 Å². The Bertz CT molecular complexity index is 1030. The topological polar surface area (TPSA) is 106 Å². The van der Waals surface area contributed by atoms with E-state index in [2.05, 4.69) is 15.3 Å². The third-order valence-corrected chi connectivity index (χ3v) is 4.25. The zero-order valence-electron chi connectivity index (χ0n) is 13.0. The maximum atomic E-state index is 12.2. The molecular formula is C15H14N4O4S. The Morgan fingerprint density at radius 1 is 1.42 bits per heavy atom. The predicted molar refractivity (Wildman–Crippen MR) is 91.0 cm³/mol. The van der Waals surface area contributed by atoms with E-state index in [1.165, 1.54) is 18.4 Å². The second-order valence-corrected chi connectivity index (χ2v) is 5.94. The van der Waals surface area contributed by atoms with E-state index < -0.39 is 17.2 Å². The number of fused-ring (bicyclic) bond motifs is 1. The van der Waals surface area contributed by atoms with Crippen molar-refractivity contribution in [3.63, 3.8) is 0 Å². The molecule has 24 heavy (non-hydrogen) atoms. The van der Waals surface area contributed by atoms with Gasteiger partial charge >= 0.3 is 5.69 Å². The summed E-state index contributed by atoms with van der Waals surface area (Å²) in [7, 11) is 1.30. The van der Waals surface area contributed by atoms with Crippen LogP contribution in [0.25, 0.3) is 10.2 Å². The fourth-order valence-corrected chi connectivity index (χ4v) is 3.00. The summed E-state index contributed by atoms with van der Waals surface area (Å²) in [4.78, 5) is 42.2. The Morgan fingerprint density at radius 3 is 2.96 bits per heavy atom.